The Morgan fingerprint density at radius 1 is 1.29 bits per heavy atom. The molecule has 1 aromatic rings. The zero-order valence-electron chi connectivity index (χ0n) is 12.8. The minimum Gasteiger partial charge on any atom is -0.486 e. The second-order valence-electron chi connectivity index (χ2n) is 6.09. The number of aliphatic hydroxyl groups is 1. The van der Waals surface area contributed by atoms with Crippen molar-refractivity contribution in [2.45, 2.75) is 32.3 Å². The van der Waals surface area contributed by atoms with E-state index in [1.807, 2.05) is 18.2 Å². The number of nitrogens with zero attached hydrogens (tertiary/aromatic N) is 1. The molecule has 0 spiro atoms. The Labute approximate surface area is 126 Å². The Balaban J connectivity index is 1.63. The maximum absolute atomic E-state index is 10.5. The molecule has 21 heavy (non-hydrogen) atoms. The largest absolute Gasteiger partial charge is 0.486 e. The minimum absolute atomic E-state index is 0.462. The average molecular weight is 291 g/mol. The normalized spacial score (nSPS) is 23.8. The number of fused-ring (bicyclic) bond motifs is 1. The molecule has 0 aromatic heterocycles. The van der Waals surface area contributed by atoms with Gasteiger partial charge < -0.3 is 19.5 Å². The van der Waals surface area contributed by atoms with Crippen LogP contribution >= 0.6 is 0 Å². The fourth-order valence-electron chi connectivity index (χ4n) is 3.27. The van der Waals surface area contributed by atoms with Crippen LogP contribution in [-0.2, 0) is 0 Å². The van der Waals surface area contributed by atoms with E-state index in [0.29, 0.717) is 19.8 Å². The molecule has 2 heterocycles. The second kappa shape index (κ2) is 6.67. The van der Waals surface area contributed by atoms with Gasteiger partial charge in [-0.1, -0.05) is 19.4 Å². The molecule has 0 amide bonds. The fourth-order valence-corrected chi connectivity index (χ4v) is 3.27. The van der Waals surface area contributed by atoms with Gasteiger partial charge in [-0.05, 0) is 43.0 Å². The fraction of sp³-hybridized carbons (Fsp3) is 0.647. The molecule has 0 radical (unpaired) electrons. The van der Waals surface area contributed by atoms with Crippen molar-refractivity contribution in [3.63, 3.8) is 0 Å². The van der Waals surface area contributed by atoms with Gasteiger partial charge in [-0.25, -0.2) is 0 Å². The third-order valence-electron chi connectivity index (χ3n) is 4.56. The Morgan fingerprint density at radius 3 is 2.90 bits per heavy atom. The molecule has 0 bridgehead atoms. The van der Waals surface area contributed by atoms with Gasteiger partial charge in [0.1, 0.15) is 13.2 Å². The summed E-state index contributed by atoms with van der Waals surface area (Å²) in [5.41, 5.74) is 0.915. The molecule has 2 aliphatic heterocycles. The highest BCUT2D eigenvalue weighted by Gasteiger charge is 2.22. The Hall–Kier alpha value is -1.26. The van der Waals surface area contributed by atoms with E-state index in [2.05, 4.69) is 11.8 Å². The summed E-state index contributed by atoms with van der Waals surface area (Å²) in [6.45, 7) is 6.34. The van der Waals surface area contributed by atoms with Gasteiger partial charge in [-0.15, -0.1) is 0 Å². The number of piperidine rings is 1. The molecule has 4 heteroatoms. The van der Waals surface area contributed by atoms with E-state index in [9.17, 15) is 5.11 Å². The van der Waals surface area contributed by atoms with Gasteiger partial charge >= 0.3 is 0 Å². The SMILES string of the molecule is CCC1CCCN(CC(O)c2ccc3c(c2)OCCO3)C1. The van der Waals surface area contributed by atoms with E-state index < -0.39 is 6.10 Å². The summed E-state index contributed by atoms with van der Waals surface area (Å²) in [6, 6.07) is 5.76. The molecule has 116 valence electrons. The molecule has 0 aliphatic carbocycles. The second-order valence-corrected chi connectivity index (χ2v) is 6.09. The van der Waals surface area contributed by atoms with Crippen LogP contribution in [0.1, 0.15) is 37.9 Å². The quantitative estimate of drug-likeness (QED) is 0.926. The molecule has 1 fully saturated rings. The molecule has 4 nitrogen and oxygen atoms in total. The zero-order chi connectivity index (χ0) is 14.7. The lowest BCUT2D eigenvalue weighted by Crippen LogP contribution is -2.37. The molecule has 3 rings (SSSR count). The third-order valence-corrected chi connectivity index (χ3v) is 4.56. The van der Waals surface area contributed by atoms with Gasteiger partial charge in [0.05, 0.1) is 6.10 Å². The molecular formula is C17H25NO3. The monoisotopic (exact) mass is 291 g/mol. The molecule has 1 N–H and O–H groups in total. The van der Waals surface area contributed by atoms with Crippen LogP contribution in [0.25, 0.3) is 0 Å². The first-order valence-corrected chi connectivity index (χ1v) is 8.06. The molecular weight excluding hydrogens is 266 g/mol. The van der Waals surface area contributed by atoms with Gasteiger partial charge in [0, 0.05) is 13.1 Å². The molecule has 2 atom stereocenters. The van der Waals surface area contributed by atoms with Gasteiger partial charge in [-0.3, -0.25) is 0 Å². The number of β-amino-alcohol motifs (C(OH)–C–C–N with tert-alkyl or cyclic N) is 1. The van der Waals surface area contributed by atoms with Crippen LogP contribution in [0, 0.1) is 5.92 Å². The number of ether oxygens (including phenoxy) is 2. The number of hydrogen-bond acceptors (Lipinski definition) is 4. The summed E-state index contributed by atoms with van der Waals surface area (Å²) in [5.74, 6) is 2.32. The maximum Gasteiger partial charge on any atom is 0.161 e. The van der Waals surface area contributed by atoms with Crippen LogP contribution in [0.15, 0.2) is 18.2 Å². The average Bonchev–Trinajstić information content (AvgIpc) is 2.54. The standard InChI is InChI=1S/C17H25NO3/c1-2-13-4-3-7-18(11-13)12-15(19)14-5-6-16-17(10-14)21-9-8-20-16/h5-6,10,13,15,19H,2-4,7-9,11-12H2,1H3. The van der Waals surface area contributed by atoms with Crippen molar-refractivity contribution in [1.29, 1.82) is 0 Å². The van der Waals surface area contributed by atoms with Crippen LogP contribution in [0.4, 0.5) is 0 Å². The topological polar surface area (TPSA) is 41.9 Å². The van der Waals surface area contributed by atoms with E-state index in [-0.39, 0.29) is 0 Å². The third kappa shape index (κ3) is 3.50. The lowest BCUT2D eigenvalue weighted by molar-refractivity contribution is 0.0831. The summed E-state index contributed by atoms with van der Waals surface area (Å²) in [5, 5.41) is 10.5. The summed E-state index contributed by atoms with van der Waals surface area (Å²) in [4.78, 5) is 2.39. The first-order valence-electron chi connectivity index (χ1n) is 8.06. The number of aliphatic hydroxyl groups excluding tert-OH is 1. The first-order chi connectivity index (χ1) is 10.3. The minimum atomic E-state index is -0.462. The number of hydrogen-bond donors (Lipinski definition) is 1. The van der Waals surface area contributed by atoms with Gasteiger partial charge in [-0.2, -0.15) is 0 Å². The van der Waals surface area contributed by atoms with Crippen molar-refractivity contribution >= 4 is 0 Å². The first kappa shape index (κ1) is 14.7. The van der Waals surface area contributed by atoms with E-state index in [4.69, 9.17) is 9.47 Å². The summed E-state index contributed by atoms with van der Waals surface area (Å²) >= 11 is 0. The smallest absolute Gasteiger partial charge is 0.161 e. The van der Waals surface area contributed by atoms with Crippen LogP contribution in [0.5, 0.6) is 11.5 Å². The van der Waals surface area contributed by atoms with Crippen molar-refractivity contribution in [2.75, 3.05) is 32.8 Å². The van der Waals surface area contributed by atoms with Crippen molar-refractivity contribution in [3.8, 4) is 11.5 Å². The molecule has 2 aliphatic rings. The van der Waals surface area contributed by atoms with Crippen molar-refractivity contribution in [3.05, 3.63) is 23.8 Å². The van der Waals surface area contributed by atoms with Gasteiger partial charge in [0.15, 0.2) is 11.5 Å². The number of benzene rings is 1. The molecule has 1 aromatic carbocycles. The van der Waals surface area contributed by atoms with Crippen molar-refractivity contribution < 1.29 is 14.6 Å². The van der Waals surface area contributed by atoms with E-state index in [1.165, 1.54) is 19.3 Å². The maximum atomic E-state index is 10.5. The van der Waals surface area contributed by atoms with Gasteiger partial charge in [0.2, 0.25) is 0 Å². The van der Waals surface area contributed by atoms with E-state index in [0.717, 1.165) is 36.1 Å². The Bertz CT molecular complexity index is 477. The van der Waals surface area contributed by atoms with Crippen molar-refractivity contribution in [2.24, 2.45) is 5.92 Å². The summed E-state index contributed by atoms with van der Waals surface area (Å²) in [7, 11) is 0. The highest BCUT2D eigenvalue weighted by atomic mass is 16.6. The zero-order valence-corrected chi connectivity index (χ0v) is 12.8. The lowest BCUT2D eigenvalue weighted by Gasteiger charge is -2.33. The predicted octanol–water partition coefficient (Wildman–Crippen LogP) is 2.61. The van der Waals surface area contributed by atoms with Crippen molar-refractivity contribution in [1.82, 2.24) is 4.90 Å². The molecule has 1 saturated heterocycles. The van der Waals surface area contributed by atoms with Gasteiger partial charge in [0.25, 0.3) is 0 Å². The Kier molecular flexibility index (Phi) is 4.66. The molecule has 0 saturated carbocycles. The number of rotatable bonds is 4. The molecule has 2 unspecified atom stereocenters. The van der Waals surface area contributed by atoms with E-state index in [1.54, 1.807) is 0 Å². The number of likely N-dealkylation sites (tertiary alicyclic amines) is 1. The lowest BCUT2D eigenvalue weighted by atomic mass is 9.95. The van der Waals surface area contributed by atoms with Crippen LogP contribution < -0.4 is 9.47 Å². The van der Waals surface area contributed by atoms with E-state index >= 15 is 0 Å². The predicted molar refractivity (Wildman–Crippen MR) is 81.8 cm³/mol. The highest BCUT2D eigenvalue weighted by molar-refractivity contribution is 5.44. The summed E-state index contributed by atoms with van der Waals surface area (Å²) < 4.78 is 11.1. The van der Waals surface area contributed by atoms with Crippen LogP contribution in [0.3, 0.4) is 0 Å². The Morgan fingerprint density at radius 2 is 2.10 bits per heavy atom. The highest BCUT2D eigenvalue weighted by Crippen LogP contribution is 2.33. The summed E-state index contributed by atoms with van der Waals surface area (Å²) in [6.07, 6.45) is 3.34. The van der Waals surface area contributed by atoms with Crippen LogP contribution in [0.2, 0.25) is 0 Å². The van der Waals surface area contributed by atoms with Crippen LogP contribution in [-0.4, -0.2) is 42.9 Å².